The quantitative estimate of drug-likeness (QED) is 0.408. The number of aliphatic hydroxyl groups is 1. The van der Waals surface area contributed by atoms with Gasteiger partial charge in [-0.05, 0) is 37.8 Å². The molecule has 5 heterocycles. The van der Waals surface area contributed by atoms with E-state index in [1.807, 2.05) is 11.9 Å². The van der Waals surface area contributed by atoms with Gasteiger partial charge < -0.3 is 20.1 Å². The predicted molar refractivity (Wildman–Crippen MR) is 132 cm³/mol. The molecule has 2 aliphatic heterocycles. The Morgan fingerprint density at radius 1 is 1.22 bits per heavy atom. The summed E-state index contributed by atoms with van der Waals surface area (Å²) >= 11 is 0. The minimum atomic E-state index is -3.62. The molecule has 0 spiro atoms. The lowest BCUT2D eigenvalue weighted by molar-refractivity contribution is 0.109. The zero-order valence-electron chi connectivity index (χ0n) is 20.2. The maximum Gasteiger partial charge on any atom is 0.245 e. The zero-order valence-corrected chi connectivity index (χ0v) is 21.0. The van der Waals surface area contributed by atoms with E-state index in [-0.39, 0.29) is 29.6 Å². The molecular weight excluding hydrogens is 484 g/mol. The first-order valence-corrected chi connectivity index (χ1v) is 13.3. The third-order valence-electron chi connectivity index (χ3n) is 6.91. The van der Waals surface area contributed by atoms with Gasteiger partial charge in [-0.2, -0.15) is 19.4 Å². The lowest BCUT2D eigenvalue weighted by atomic mass is 9.83. The van der Waals surface area contributed by atoms with Crippen molar-refractivity contribution in [2.24, 2.45) is 0 Å². The maximum atomic E-state index is 13.5. The number of fused-ring (bicyclic) bond motifs is 2. The number of hydrogen-bond acceptors (Lipinski definition) is 10. The van der Waals surface area contributed by atoms with Gasteiger partial charge in [0.15, 0.2) is 5.82 Å². The first-order chi connectivity index (χ1) is 17.4. The highest BCUT2D eigenvalue weighted by molar-refractivity contribution is 7.89. The Morgan fingerprint density at radius 3 is 2.64 bits per heavy atom. The van der Waals surface area contributed by atoms with Crippen LogP contribution in [0, 0.1) is 0 Å². The Labute approximate surface area is 209 Å². The monoisotopic (exact) mass is 514 g/mol. The van der Waals surface area contributed by atoms with Crippen LogP contribution in [-0.4, -0.2) is 75.3 Å². The molecule has 0 aromatic carbocycles. The Morgan fingerprint density at radius 2 is 2.00 bits per heavy atom. The summed E-state index contributed by atoms with van der Waals surface area (Å²) in [5.41, 5.74) is 0.579. The van der Waals surface area contributed by atoms with Gasteiger partial charge in [0.1, 0.15) is 10.7 Å². The normalized spacial score (nSPS) is 22.2. The Balaban J connectivity index is 1.37. The van der Waals surface area contributed by atoms with Crippen molar-refractivity contribution >= 4 is 27.6 Å². The molecule has 0 radical (unpaired) electrons. The molecule has 3 atom stereocenters. The van der Waals surface area contributed by atoms with Crippen LogP contribution in [0.3, 0.4) is 0 Å². The molecule has 3 N–H and O–H groups in total. The van der Waals surface area contributed by atoms with E-state index in [9.17, 15) is 13.5 Å². The first kappa shape index (κ1) is 24.4. The van der Waals surface area contributed by atoms with Crippen molar-refractivity contribution in [3.63, 3.8) is 0 Å². The van der Waals surface area contributed by atoms with Crippen LogP contribution >= 0.6 is 0 Å². The van der Waals surface area contributed by atoms with Crippen molar-refractivity contribution in [1.29, 1.82) is 0 Å². The van der Waals surface area contributed by atoms with Crippen molar-refractivity contribution in [2.75, 3.05) is 24.4 Å². The molecule has 5 rings (SSSR count). The SMILES string of the molecule is COc1cc(Nc2cc(CO)[nH]n2)nc(N(C)[C@H]2C[C@H]3CCC[C@@H](C2)N3S(=O)(=O)c2cccnc2)n1. The average Bonchev–Trinajstić information content (AvgIpc) is 3.35. The predicted octanol–water partition coefficient (Wildman–Crippen LogP) is 2.05. The second-order valence-corrected chi connectivity index (χ2v) is 11.0. The second-order valence-electron chi connectivity index (χ2n) is 9.16. The van der Waals surface area contributed by atoms with E-state index in [2.05, 4.69) is 30.5 Å². The fourth-order valence-electron chi connectivity index (χ4n) is 5.18. The average molecular weight is 515 g/mol. The van der Waals surface area contributed by atoms with Crippen LogP contribution in [0.15, 0.2) is 41.6 Å². The smallest absolute Gasteiger partial charge is 0.245 e. The van der Waals surface area contributed by atoms with Gasteiger partial charge in [0.2, 0.25) is 21.9 Å². The highest BCUT2D eigenvalue weighted by atomic mass is 32.2. The van der Waals surface area contributed by atoms with Crippen LogP contribution in [0.25, 0.3) is 0 Å². The summed E-state index contributed by atoms with van der Waals surface area (Å²) in [5.74, 6) is 1.87. The topological polar surface area (TPSA) is 149 Å². The number of rotatable bonds is 8. The number of aliphatic hydroxyl groups excluding tert-OH is 1. The second kappa shape index (κ2) is 9.99. The lowest BCUT2D eigenvalue weighted by Crippen LogP contribution is -2.58. The lowest BCUT2D eigenvalue weighted by Gasteiger charge is -2.49. The van der Waals surface area contributed by atoms with Crippen molar-refractivity contribution in [1.82, 2.24) is 29.5 Å². The summed E-state index contributed by atoms with van der Waals surface area (Å²) < 4.78 is 34.1. The number of anilines is 3. The fourth-order valence-corrected chi connectivity index (χ4v) is 7.04. The van der Waals surface area contributed by atoms with Gasteiger partial charge in [-0.25, -0.2) is 8.42 Å². The first-order valence-electron chi connectivity index (χ1n) is 11.9. The maximum absolute atomic E-state index is 13.5. The number of pyridine rings is 1. The Hall–Kier alpha value is -3.29. The number of methoxy groups -OCH3 is 1. The van der Waals surface area contributed by atoms with Crippen molar-refractivity contribution in [3.8, 4) is 5.88 Å². The Bertz CT molecular complexity index is 1290. The van der Waals surface area contributed by atoms with Crippen LogP contribution in [0.4, 0.5) is 17.6 Å². The summed E-state index contributed by atoms with van der Waals surface area (Å²) in [5, 5.41) is 19.2. The largest absolute Gasteiger partial charge is 0.481 e. The molecule has 0 amide bonds. The van der Waals surface area contributed by atoms with Crippen LogP contribution in [0.2, 0.25) is 0 Å². The van der Waals surface area contributed by atoms with Gasteiger partial charge in [-0.15, -0.1) is 0 Å². The molecule has 13 heteroatoms. The minimum Gasteiger partial charge on any atom is -0.481 e. The molecule has 0 saturated carbocycles. The number of hydrogen-bond donors (Lipinski definition) is 3. The number of nitrogens with one attached hydrogen (secondary N) is 2. The van der Waals surface area contributed by atoms with Crippen LogP contribution in [0.1, 0.15) is 37.8 Å². The van der Waals surface area contributed by atoms with Gasteiger partial charge in [0.05, 0.1) is 19.4 Å². The Kier molecular flexibility index (Phi) is 6.77. The number of nitrogens with zero attached hydrogens (tertiary/aromatic N) is 6. The summed E-state index contributed by atoms with van der Waals surface area (Å²) in [7, 11) is -0.149. The van der Waals surface area contributed by atoms with E-state index in [0.29, 0.717) is 42.0 Å². The number of ether oxygens (including phenoxy) is 1. The van der Waals surface area contributed by atoms with Crippen molar-refractivity contribution in [3.05, 3.63) is 42.4 Å². The highest BCUT2D eigenvalue weighted by Gasteiger charge is 2.46. The molecule has 192 valence electrons. The molecule has 36 heavy (non-hydrogen) atoms. The molecule has 3 aromatic heterocycles. The van der Waals surface area contributed by atoms with Crippen LogP contribution < -0.4 is 15.0 Å². The summed E-state index contributed by atoms with van der Waals surface area (Å²) in [6.45, 7) is -0.146. The van der Waals surface area contributed by atoms with Gasteiger partial charge in [-0.1, -0.05) is 6.42 Å². The van der Waals surface area contributed by atoms with Crippen LogP contribution in [0.5, 0.6) is 5.88 Å². The van der Waals surface area contributed by atoms with Gasteiger partial charge in [0, 0.05) is 49.7 Å². The number of aromatic nitrogens is 5. The van der Waals surface area contributed by atoms with E-state index < -0.39 is 10.0 Å². The minimum absolute atomic E-state index is 0.0620. The zero-order chi connectivity index (χ0) is 25.3. The molecule has 12 nitrogen and oxygen atoms in total. The standard InChI is InChI=1S/C23H30N8O4S/c1-30(23-26-20(12-22(27-23)35-2)25-21-9-15(14-32)28-29-21)18-10-16-5-3-6-17(11-18)31(16)36(33,34)19-7-4-8-24-13-19/h4,7-9,12-13,16-18,32H,3,5-6,10-11,14H2,1-2H3,(H2,25,26,27,28,29)/t16-,17+,18+. The molecular formula is C23H30N8O4S. The van der Waals surface area contributed by atoms with Crippen molar-refractivity contribution in [2.45, 2.75) is 61.7 Å². The summed E-state index contributed by atoms with van der Waals surface area (Å²) in [6, 6.07) is 6.49. The molecule has 0 aliphatic carbocycles. The third kappa shape index (κ3) is 4.73. The number of H-pyrrole nitrogens is 1. The molecule has 2 bridgehead atoms. The van der Waals surface area contributed by atoms with Gasteiger partial charge >= 0.3 is 0 Å². The summed E-state index contributed by atoms with van der Waals surface area (Å²) in [4.78, 5) is 15.5. The number of aromatic amines is 1. The molecule has 0 unspecified atom stereocenters. The molecule has 3 aromatic rings. The van der Waals surface area contributed by atoms with E-state index in [1.165, 1.54) is 6.20 Å². The molecule has 2 aliphatic rings. The fraction of sp³-hybridized carbons (Fsp3) is 0.478. The molecule has 2 fully saturated rings. The van der Waals surface area contributed by atoms with E-state index >= 15 is 0 Å². The number of sulfonamides is 1. The third-order valence-corrected chi connectivity index (χ3v) is 8.90. The highest BCUT2D eigenvalue weighted by Crippen LogP contribution is 2.40. The van der Waals surface area contributed by atoms with Gasteiger partial charge in [-0.3, -0.25) is 10.1 Å². The van der Waals surface area contributed by atoms with Gasteiger partial charge in [0.25, 0.3) is 0 Å². The number of piperidine rings is 2. The molecule has 2 saturated heterocycles. The van der Waals surface area contributed by atoms with Crippen LogP contribution in [-0.2, 0) is 16.6 Å². The van der Waals surface area contributed by atoms with Crippen molar-refractivity contribution < 1.29 is 18.3 Å². The van der Waals surface area contributed by atoms with E-state index in [0.717, 1.165) is 19.3 Å². The van der Waals surface area contributed by atoms with E-state index in [1.54, 1.807) is 41.9 Å². The van der Waals surface area contributed by atoms with E-state index in [4.69, 9.17) is 4.74 Å². The summed E-state index contributed by atoms with van der Waals surface area (Å²) in [6.07, 6.45) is 7.00.